The minimum absolute atomic E-state index is 0.0218. The second-order valence-electron chi connectivity index (χ2n) is 36.9. The number of benzene rings is 19. The third-order valence-electron chi connectivity index (χ3n) is 27.7. The van der Waals surface area contributed by atoms with Crippen molar-refractivity contribution in [2.24, 2.45) is 0 Å². The number of para-hydroxylation sites is 5. The zero-order chi connectivity index (χ0) is 94.5. The Morgan fingerprint density at radius 1 is 0.184 bits per heavy atom. The summed E-state index contributed by atoms with van der Waals surface area (Å²) in [7, 11) is 0. The smallest absolute Gasteiger partial charge is 0.255 e. The predicted molar refractivity (Wildman–Crippen MR) is 578 cm³/mol. The SMILES string of the molecule is CC1(C)c2ccccc2-c2ccc(-c3cccc(-c4ccc(-c5nnc(-c6ccccc6)c(-c6ccccc6)n5)cc4)c3)cc21.CC1(C)c2ccccc2N(c2cccc(-c3cccc(-c4nnc(-c5ccccc5)c(-c5ccccc5)n4)c3)c2)c2ccccc21.c1ccc(-c2nnc(-n3c4ccccc4c4c(-c5ccc6c(c5)c5ccccc5n6-c5ccccc5)cccc43)nc2-c2ccccc2)cc1. The van der Waals surface area contributed by atoms with E-state index in [0.717, 1.165) is 140 Å². The Bertz CT molecular complexity index is 8780. The van der Waals surface area contributed by atoms with E-state index in [-0.39, 0.29) is 10.8 Å². The molecule has 19 aromatic carbocycles. The first-order valence-corrected chi connectivity index (χ1v) is 47.8. The second-order valence-corrected chi connectivity index (χ2v) is 36.9. The fourth-order valence-corrected chi connectivity index (χ4v) is 20.7. The minimum atomic E-state index is -0.0989. The van der Waals surface area contributed by atoms with Crippen molar-refractivity contribution in [3.8, 4) is 158 Å². The lowest BCUT2D eigenvalue weighted by Gasteiger charge is -2.42. The van der Waals surface area contributed by atoms with E-state index in [4.69, 9.17) is 30.2 Å². The summed E-state index contributed by atoms with van der Waals surface area (Å²) in [5.41, 5.74) is 39.0. The maximum absolute atomic E-state index is 5.26. The summed E-state index contributed by atoms with van der Waals surface area (Å²) >= 11 is 0. The van der Waals surface area contributed by atoms with Crippen molar-refractivity contribution in [3.63, 3.8) is 0 Å². The molecular weight excluding hydrogens is 1720 g/mol. The van der Waals surface area contributed by atoms with Crippen LogP contribution >= 0.6 is 0 Å². The van der Waals surface area contributed by atoms with Crippen LogP contribution in [-0.2, 0) is 10.8 Å². The van der Waals surface area contributed by atoms with Gasteiger partial charge in [0, 0.05) is 88.3 Å². The van der Waals surface area contributed by atoms with E-state index in [1.165, 1.54) is 83.3 Å². The molecule has 0 unspecified atom stereocenters. The first kappa shape index (κ1) is 85.5. The van der Waals surface area contributed by atoms with Crippen molar-refractivity contribution in [1.82, 2.24) is 54.7 Å². The van der Waals surface area contributed by atoms with Crippen LogP contribution in [0.5, 0.6) is 0 Å². The van der Waals surface area contributed by atoms with Gasteiger partial charge in [0.2, 0.25) is 0 Å². The van der Waals surface area contributed by atoms with Crippen LogP contribution in [0.25, 0.3) is 201 Å². The Morgan fingerprint density at radius 2 is 0.539 bits per heavy atom. The second kappa shape index (κ2) is 36.3. The van der Waals surface area contributed by atoms with Gasteiger partial charge in [0.15, 0.2) is 11.6 Å². The van der Waals surface area contributed by atoms with Crippen LogP contribution in [0.2, 0.25) is 0 Å². The fraction of sp³-hybridized carbons (Fsp3) is 0.0465. The molecule has 0 saturated carbocycles. The molecule has 0 amide bonds. The minimum Gasteiger partial charge on any atom is -0.310 e. The summed E-state index contributed by atoms with van der Waals surface area (Å²) in [6, 6.07) is 170. The molecule has 141 heavy (non-hydrogen) atoms. The molecule has 0 bridgehead atoms. The number of rotatable bonds is 15. The molecule has 24 aromatic rings. The van der Waals surface area contributed by atoms with Crippen molar-refractivity contribution in [1.29, 1.82) is 0 Å². The van der Waals surface area contributed by atoms with Gasteiger partial charge in [0.1, 0.15) is 34.2 Å². The fourth-order valence-electron chi connectivity index (χ4n) is 20.7. The number of fused-ring (bicyclic) bond motifs is 11. The van der Waals surface area contributed by atoms with Crippen LogP contribution in [0.3, 0.4) is 0 Å². The number of hydrogen-bond donors (Lipinski definition) is 0. The van der Waals surface area contributed by atoms with Crippen molar-refractivity contribution < 1.29 is 0 Å². The first-order chi connectivity index (χ1) is 69.5. The predicted octanol–water partition coefficient (Wildman–Crippen LogP) is 32.2. The number of anilines is 3. The van der Waals surface area contributed by atoms with Crippen LogP contribution < -0.4 is 4.90 Å². The number of hydrogen-bond acceptors (Lipinski definition) is 10. The maximum atomic E-state index is 5.26. The van der Waals surface area contributed by atoms with E-state index in [1.807, 2.05) is 133 Å². The molecule has 0 spiro atoms. The molecule has 668 valence electrons. The number of nitrogens with zero attached hydrogens (tertiary/aromatic N) is 12. The van der Waals surface area contributed by atoms with Gasteiger partial charge < -0.3 is 9.47 Å². The molecule has 6 heterocycles. The van der Waals surface area contributed by atoms with Crippen molar-refractivity contribution in [2.45, 2.75) is 38.5 Å². The molecule has 0 N–H and O–H groups in total. The van der Waals surface area contributed by atoms with Gasteiger partial charge in [-0.2, -0.15) is 0 Å². The number of aromatic nitrogens is 11. The standard InChI is InChI=1S/C45H29N5.C42H32N4.C42H31N3/c1-4-15-30(16-5-1)43-44(31-17-6-2-7-18-31)47-48-45(46-43)50-39-25-13-11-22-36(39)42-34(23-14-26-41(42)50)32-27-28-40-37(29-32)35-21-10-12-24-38(35)49(40)33-19-8-3-9-20-33;1-42(2)35-23-9-11-25-37(35)46(38-26-12-10-24-36(38)42)34-22-14-20-32(28-34)31-19-13-21-33(27-31)41-43-39(29-15-5-3-6-16-29)40(44-45-41)30-17-7-4-8-18-30;1-42(2)37-19-10-9-18-35(37)36-25-24-34(27-38(36)42)33-17-11-16-32(26-33)28-20-22-31(23-21-28)41-43-39(29-12-5-3-6-13-29)40(44-45-41)30-14-7-4-8-15-30/h1-29H;3-28H,1-2H3;3-27H,1-2H3. The van der Waals surface area contributed by atoms with Gasteiger partial charge >= 0.3 is 0 Å². The van der Waals surface area contributed by atoms with Crippen molar-refractivity contribution in [3.05, 3.63) is 508 Å². The van der Waals surface area contributed by atoms with E-state index in [9.17, 15) is 0 Å². The normalized spacial score (nSPS) is 12.5. The summed E-state index contributed by atoms with van der Waals surface area (Å²) in [4.78, 5) is 17.8. The van der Waals surface area contributed by atoms with E-state index in [0.29, 0.717) is 17.6 Å². The van der Waals surface area contributed by atoms with Crippen molar-refractivity contribution >= 4 is 60.7 Å². The van der Waals surface area contributed by atoms with Crippen LogP contribution in [0.4, 0.5) is 17.1 Å². The molecule has 0 radical (unpaired) electrons. The average molecular weight is 1810 g/mol. The third kappa shape index (κ3) is 15.8. The summed E-state index contributed by atoms with van der Waals surface area (Å²) in [5, 5.41) is 32.9. The molecule has 0 saturated heterocycles. The van der Waals surface area contributed by atoms with Gasteiger partial charge in [-0.25, -0.2) is 15.0 Å². The molecule has 5 aromatic heterocycles. The summed E-state index contributed by atoms with van der Waals surface area (Å²) in [6.45, 7) is 9.29. The van der Waals surface area contributed by atoms with Crippen LogP contribution in [0.1, 0.15) is 49.9 Å². The summed E-state index contributed by atoms with van der Waals surface area (Å²) in [6.07, 6.45) is 0. The average Bonchev–Trinajstić information content (AvgIpc) is 1.70. The topological polar surface area (TPSA) is 129 Å². The molecule has 1 aliphatic heterocycles. The van der Waals surface area contributed by atoms with E-state index >= 15 is 0 Å². The van der Waals surface area contributed by atoms with Crippen molar-refractivity contribution in [2.75, 3.05) is 4.90 Å². The molecule has 1 aliphatic carbocycles. The van der Waals surface area contributed by atoms with Gasteiger partial charge in [-0.15, -0.1) is 30.6 Å². The van der Waals surface area contributed by atoms with Gasteiger partial charge in [-0.3, -0.25) is 4.57 Å². The van der Waals surface area contributed by atoms with E-state index in [2.05, 4.69) is 409 Å². The Balaban J connectivity index is 0.000000115. The highest BCUT2D eigenvalue weighted by molar-refractivity contribution is 6.17. The largest absolute Gasteiger partial charge is 0.310 e. The Hall–Kier alpha value is -18.4. The highest BCUT2D eigenvalue weighted by Gasteiger charge is 2.38. The molecule has 0 fully saturated rings. The zero-order valence-electron chi connectivity index (χ0n) is 78.1. The zero-order valence-corrected chi connectivity index (χ0v) is 78.1. The van der Waals surface area contributed by atoms with Gasteiger partial charge in [0.25, 0.3) is 5.95 Å². The first-order valence-electron chi connectivity index (χ1n) is 47.8. The van der Waals surface area contributed by atoms with E-state index < -0.39 is 0 Å². The maximum Gasteiger partial charge on any atom is 0.255 e. The quantitative estimate of drug-likeness (QED) is 0.0978. The monoisotopic (exact) mass is 1810 g/mol. The Labute approximate surface area is 818 Å². The summed E-state index contributed by atoms with van der Waals surface area (Å²) in [5.74, 6) is 1.74. The van der Waals surface area contributed by atoms with Crippen LogP contribution in [0, 0.1) is 0 Å². The Morgan fingerprint density at radius 3 is 1.11 bits per heavy atom. The highest BCUT2D eigenvalue weighted by Crippen LogP contribution is 2.54. The van der Waals surface area contributed by atoms with E-state index in [1.54, 1.807) is 0 Å². The van der Waals surface area contributed by atoms with Gasteiger partial charge in [-0.05, 0) is 163 Å². The molecule has 12 nitrogen and oxygen atoms in total. The lowest BCUT2D eigenvalue weighted by atomic mass is 9.73. The third-order valence-corrected chi connectivity index (χ3v) is 27.7. The summed E-state index contributed by atoms with van der Waals surface area (Å²) < 4.78 is 4.51. The Kier molecular flexibility index (Phi) is 22.0. The lowest BCUT2D eigenvalue weighted by Crippen LogP contribution is -2.30. The van der Waals surface area contributed by atoms with Crippen LogP contribution in [-0.4, -0.2) is 54.7 Å². The molecular formula is C129H92N12. The molecule has 0 atom stereocenters. The van der Waals surface area contributed by atoms with Crippen LogP contribution in [0.15, 0.2) is 485 Å². The lowest BCUT2D eigenvalue weighted by molar-refractivity contribution is 0.632. The van der Waals surface area contributed by atoms with Gasteiger partial charge in [0.05, 0.1) is 33.4 Å². The molecule has 2 aliphatic rings. The molecule has 12 heteroatoms. The van der Waals surface area contributed by atoms with Gasteiger partial charge in [-0.1, -0.05) is 428 Å². The molecule has 26 rings (SSSR count). The highest BCUT2D eigenvalue weighted by atomic mass is 15.3.